The molecule has 0 spiro atoms. The molecule has 18 heavy (non-hydrogen) atoms. The summed E-state index contributed by atoms with van der Waals surface area (Å²) in [4.78, 5) is 14.1. The van der Waals surface area contributed by atoms with Gasteiger partial charge in [-0.2, -0.15) is 0 Å². The van der Waals surface area contributed by atoms with Crippen molar-refractivity contribution in [1.82, 2.24) is 4.90 Å². The Morgan fingerprint density at radius 3 is 2.39 bits per heavy atom. The lowest BCUT2D eigenvalue weighted by Gasteiger charge is -2.22. The average molecular weight is 310 g/mol. The van der Waals surface area contributed by atoms with Crippen LogP contribution in [0.15, 0.2) is 24.3 Å². The summed E-state index contributed by atoms with van der Waals surface area (Å²) in [7, 11) is 0. The summed E-state index contributed by atoms with van der Waals surface area (Å²) in [5.41, 5.74) is 2.59. The lowest BCUT2D eigenvalue weighted by molar-refractivity contribution is -0.131. The molecule has 3 heteroatoms. The number of benzene rings is 1. The van der Waals surface area contributed by atoms with Gasteiger partial charge in [-0.15, -0.1) is 0 Å². The van der Waals surface area contributed by atoms with E-state index in [4.69, 9.17) is 0 Å². The maximum atomic E-state index is 12.0. The zero-order valence-corrected chi connectivity index (χ0v) is 12.4. The molecule has 1 aromatic carbocycles. The highest BCUT2D eigenvalue weighted by molar-refractivity contribution is 9.09. The summed E-state index contributed by atoms with van der Waals surface area (Å²) in [6.07, 6.45) is 4.00. The molecule has 1 aliphatic rings. The van der Waals surface area contributed by atoms with E-state index in [2.05, 4.69) is 47.1 Å². The maximum absolute atomic E-state index is 12.0. The van der Waals surface area contributed by atoms with Crippen LogP contribution < -0.4 is 0 Å². The van der Waals surface area contributed by atoms with Gasteiger partial charge in [-0.05, 0) is 30.4 Å². The number of aryl methyl sites for hydroxylation is 1. The molecule has 1 aliphatic carbocycles. The second-order valence-electron chi connectivity index (χ2n) is 4.86. The second kappa shape index (κ2) is 6.37. The largest absolute Gasteiger partial charge is 0.335 e. The predicted molar refractivity (Wildman–Crippen MR) is 77.8 cm³/mol. The Morgan fingerprint density at radius 2 is 1.89 bits per heavy atom. The lowest BCUT2D eigenvalue weighted by atomic mass is 10.1. The summed E-state index contributed by atoms with van der Waals surface area (Å²) < 4.78 is 0. The van der Waals surface area contributed by atoms with E-state index in [1.165, 1.54) is 24.0 Å². The fourth-order valence-corrected chi connectivity index (χ4v) is 2.45. The van der Waals surface area contributed by atoms with Crippen molar-refractivity contribution in [3.05, 3.63) is 35.4 Å². The topological polar surface area (TPSA) is 20.3 Å². The Labute approximate surface area is 117 Å². The Hall–Kier alpha value is -0.830. The number of amides is 1. The molecular weight excluding hydrogens is 290 g/mol. The van der Waals surface area contributed by atoms with Gasteiger partial charge in [-0.25, -0.2) is 0 Å². The lowest BCUT2D eigenvalue weighted by Crippen LogP contribution is -2.32. The third-order valence-electron chi connectivity index (χ3n) is 3.40. The summed E-state index contributed by atoms with van der Waals surface area (Å²) in [5.74, 6) is 0.272. The zero-order chi connectivity index (χ0) is 13.0. The van der Waals surface area contributed by atoms with Crippen molar-refractivity contribution in [2.24, 2.45) is 0 Å². The molecule has 0 saturated heterocycles. The fourth-order valence-electron chi connectivity index (χ4n) is 2.11. The van der Waals surface area contributed by atoms with Crippen LogP contribution in [-0.2, 0) is 17.8 Å². The van der Waals surface area contributed by atoms with Crippen molar-refractivity contribution in [3.63, 3.8) is 0 Å². The van der Waals surface area contributed by atoms with Gasteiger partial charge in [0.2, 0.25) is 5.91 Å². The number of halogens is 1. The van der Waals surface area contributed by atoms with Gasteiger partial charge in [0.1, 0.15) is 0 Å². The van der Waals surface area contributed by atoms with E-state index >= 15 is 0 Å². The summed E-state index contributed by atoms with van der Waals surface area (Å²) in [6.45, 7) is 2.92. The van der Waals surface area contributed by atoms with Gasteiger partial charge >= 0.3 is 0 Å². The Balaban J connectivity index is 2.01. The Morgan fingerprint density at radius 1 is 1.28 bits per heavy atom. The van der Waals surface area contributed by atoms with Gasteiger partial charge in [0.05, 0.1) is 0 Å². The Kier molecular flexibility index (Phi) is 4.81. The SMILES string of the molecule is CCc1ccc(CN(C(=O)CCBr)C2CC2)cc1. The monoisotopic (exact) mass is 309 g/mol. The van der Waals surface area contributed by atoms with E-state index in [-0.39, 0.29) is 5.91 Å². The third-order valence-corrected chi connectivity index (χ3v) is 3.80. The molecule has 2 rings (SSSR count). The molecular formula is C15H20BrNO. The number of hydrogen-bond acceptors (Lipinski definition) is 1. The smallest absolute Gasteiger partial charge is 0.223 e. The first kappa shape index (κ1) is 13.6. The molecule has 0 unspecified atom stereocenters. The van der Waals surface area contributed by atoms with E-state index in [1.54, 1.807) is 0 Å². The van der Waals surface area contributed by atoms with Crippen molar-refractivity contribution in [3.8, 4) is 0 Å². The molecule has 0 heterocycles. The van der Waals surface area contributed by atoms with Crippen molar-refractivity contribution in [2.75, 3.05) is 5.33 Å². The van der Waals surface area contributed by atoms with Gasteiger partial charge in [0.15, 0.2) is 0 Å². The Bertz CT molecular complexity index is 397. The number of carbonyl (C=O) groups excluding carboxylic acids is 1. The quantitative estimate of drug-likeness (QED) is 0.736. The first-order valence-corrected chi connectivity index (χ1v) is 7.80. The molecule has 1 fully saturated rings. The van der Waals surface area contributed by atoms with Crippen LogP contribution in [0.2, 0.25) is 0 Å². The maximum Gasteiger partial charge on any atom is 0.223 e. The van der Waals surface area contributed by atoms with Crippen molar-refractivity contribution in [1.29, 1.82) is 0 Å². The van der Waals surface area contributed by atoms with E-state index in [9.17, 15) is 4.79 Å². The number of alkyl halides is 1. The van der Waals surface area contributed by atoms with Gasteiger partial charge in [0, 0.05) is 24.3 Å². The van der Waals surface area contributed by atoms with E-state index in [1.807, 2.05) is 4.90 Å². The molecule has 0 radical (unpaired) electrons. The first-order chi connectivity index (χ1) is 8.74. The van der Waals surface area contributed by atoms with E-state index in [0.29, 0.717) is 12.5 Å². The molecule has 2 nitrogen and oxygen atoms in total. The van der Waals surface area contributed by atoms with Crippen molar-refractivity contribution < 1.29 is 4.79 Å². The number of nitrogens with zero attached hydrogens (tertiary/aromatic N) is 1. The standard InChI is InChI=1S/C15H20BrNO/c1-2-12-3-5-13(6-4-12)11-17(14-7-8-14)15(18)9-10-16/h3-6,14H,2,7-11H2,1H3. The number of hydrogen-bond donors (Lipinski definition) is 0. The van der Waals surface area contributed by atoms with Crippen LogP contribution in [0.3, 0.4) is 0 Å². The summed E-state index contributed by atoms with van der Waals surface area (Å²) in [6, 6.07) is 9.11. The summed E-state index contributed by atoms with van der Waals surface area (Å²) >= 11 is 3.34. The van der Waals surface area contributed by atoms with Crippen molar-refractivity contribution in [2.45, 2.75) is 45.2 Å². The molecule has 0 aliphatic heterocycles. The van der Waals surface area contributed by atoms with Crippen molar-refractivity contribution >= 4 is 21.8 Å². The minimum atomic E-state index is 0.272. The highest BCUT2D eigenvalue weighted by Gasteiger charge is 2.31. The highest BCUT2D eigenvalue weighted by atomic mass is 79.9. The highest BCUT2D eigenvalue weighted by Crippen LogP contribution is 2.29. The molecule has 1 saturated carbocycles. The minimum Gasteiger partial charge on any atom is -0.335 e. The molecule has 0 bridgehead atoms. The van der Waals surface area contributed by atoms with Gasteiger partial charge in [-0.1, -0.05) is 47.1 Å². The van der Waals surface area contributed by atoms with Gasteiger partial charge < -0.3 is 4.90 Å². The van der Waals surface area contributed by atoms with Crippen LogP contribution in [0.1, 0.15) is 37.3 Å². The van der Waals surface area contributed by atoms with Gasteiger partial charge in [-0.3, -0.25) is 4.79 Å². The molecule has 98 valence electrons. The minimum absolute atomic E-state index is 0.272. The van der Waals surface area contributed by atoms with E-state index < -0.39 is 0 Å². The van der Waals surface area contributed by atoms with Crippen LogP contribution in [0.4, 0.5) is 0 Å². The molecule has 0 atom stereocenters. The van der Waals surface area contributed by atoms with Gasteiger partial charge in [0.25, 0.3) is 0 Å². The van der Waals surface area contributed by atoms with E-state index in [0.717, 1.165) is 18.3 Å². The normalized spacial score (nSPS) is 14.6. The van der Waals surface area contributed by atoms with Crippen LogP contribution >= 0.6 is 15.9 Å². The van der Waals surface area contributed by atoms with Crippen LogP contribution in [-0.4, -0.2) is 22.2 Å². The van der Waals surface area contributed by atoms with Crippen LogP contribution in [0.5, 0.6) is 0 Å². The zero-order valence-electron chi connectivity index (χ0n) is 10.9. The van der Waals surface area contributed by atoms with Crippen LogP contribution in [0.25, 0.3) is 0 Å². The first-order valence-electron chi connectivity index (χ1n) is 6.68. The number of carbonyl (C=O) groups is 1. The second-order valence-corrected chi connectivity index (χ2v) is 5.65. The molecule has 1 amide bonds. The third kappa shape index (κ3) is 3.58. The molecule has 0 N–H and O–H groups in total. The summed E-state index contributed by atoms with van der Waals surface area (Å²) in [5, 5.41) is 0.754. The predicted octanol–water partition coefficient (Wildman–Crippen LogP) is 3.53. The average Bonchev–Trinajstić information content (AvgIpc) is 3.21. The molecule has 1 aromatic rings. The van der Waals surface area contributed by atoms with Crippen LogP contribution in [0, 0.1) is 0 Å². The fraction of sp³-hybridized carbons (Fsp3) is 0.533. The molecule has 0 aromatic heterocycles. The number of rotatable bonds is 6.